The summed E-state index contributed by atoms with van der Waals surface area (Å²) in [5.41, 5.74) is 0. The Balaban J connectivity index is 1.99. The fourth-order valence-electron chi connectivity index (χ4n) is 2.77. The van der Waals surface area contributed by atoms with Gasteiger partial charge in [0.2, 0.25) is 11.8 Å². The minimum absolute atomic E-state index is 0.0368. The molecule has 1 aliphatic heterocycles. The summed E-state index contributed by atoms with van der Waals surface area (Å²) < 4.78 is 5.35. The minimum atomic E-state index is -0.0598. The van der Waals surface area contributed by atoms with Crippen LogP contribution in [0.2, 0.25) is 0 Å². The van der Waals surface area contributed by atoms with Crippen molar-refractivity contribution in [2.75, 3.05) is 13.2 Å². The summed E-state index contributed by atoms with van der Waals surface area (Å²) >= 11 is 0. The fraction of sp³-hybridized carbons (Fsp3) is 0.846. The highest BCUT2D eigenvalue weighted by molar-refractivity contribution is 5.87. The molecule has 1 saturated heterocycles. The first-order valence-corrected chi connectivity index (χ1v) is 6.78. The highest BCUT2D eigenvalue weighted by Crippen LogP contribution is 2.25. The molecule has 0 unspecified atom stereocenters. The van der Waals surface area contributed by atoms with E-state index in [9.17, 15) is 9.59 Å². The first kappa shape index (κ1) is 13.3. The number of hydrogen-bond donors (Lipinski definition) is 1. The van der Waals surface area contributed by atoms with E-state index in [0.717, 1.165) is 25.7 Å². The zero-order chi connectivity index (χ0) is 13.1. The summed E-state index contributed by atoms with van der Waals surface area (Å²) in [6, 6.07) is 0.308. The van der Waals surface area contributed by atoms with Crippen molar-refractivity contribution in [2.24, 2.45) is 0 Å². The van der Waals surface area contributed by atoms with Crippen LogP contribution in [-0.4, -0.2) is 48.1 Å². The predicted octanol–water partition coefficient (Wildman–Crippen LogP) is 0.681. The standard InChI is InChI=1S/C13H22N2O3/c1-9(2)18-8-13(17)15-7-12(16)14-10-5-3-4-6-11(10)15/h9-11H,3-8H2,1-2H3,(H,14,16)/t10-,11+/m0/s1. The first-order valence-electron chi connectivity index (χ1n) is 6.78. The Morgan fingerprint density at radius 3 is 2.89 bits per heavy atom. The maximum absolute atomic E-state index is 12.1. The lowest BCUT2D eigenvalue weighted by atomic mass is 9.87. The number of carbonyl (C=O) groups is 2. The number of piperazine rings is 1. The average molecular weight is 254 g/mol. The number of nitrogens with zero attached hydrogens (tertiary/aromatic N) is 1. The van der Waals surface area contributed by atoms with Gasteiger partial charge in [0.25, 0.3) is 0 Å². The van der Waals surface area contributed by atoms with E-state index in [0.29, 0.717) is 0 Å². The molecule has 2 rings (SSSR count). The van der Waals surface area contributed by atoms with Gasteiger partial charge in [-0.1, -0.05) is 12.8 Å². The van der Waals surface area contributed by atoms with Crippen molar-refractivity contribution in [1.29, 1.82) is 0 Å². The molecule has 5 nitrogen and oxygen atoms in total. The van der Waals surface area contributed by atoms with Crippen LogP contribution in [0.4, 0.5) is 0 Å². The molecule has 2 fully saturated rings. The van der Waals surface area contributed by atoms with Crippen LogP contribution < -0.4 is 5.32 Å². The minimum Gasteiger partial charge on any atom is -0.369 e. The van der Waals surface area contributed by atoms with Gasteiger partial charge in [0.1, 0.15) is 6.61 Å². The fourth-order valence-corrected chi connectivity index (χ4v) is 2.77. The summed E-state index contributed by atoms with van der Waals surface area (Å²) in [4.78, 5) is 25.5. The van der Waals surface area contributed by atoms with Crippen LogP contribution >= 0.6 is 0 Å². The van der Waals surface area contributed by atoms with Crippen molar-refractivity contribution < 1.29 is 14.3 Å². The van der Waals surface area contributed by atoms with Gasteiger partial charge in [-0.15, -0.1) is 0 Å². The van der Waals surface area contributed by atoms with Crippen molar-refractivity contribution in [2.45, 2.75) is 57.7 Å². The molecule has 1 N–H and O–H groups in total. The van der Waals surface area contributed by atoms with Gasteiger partial charge in [0.15, 0.2) is 0 Å². The molecule has 2 aliphatic rings. The number of nitrogens with one attached hydrogen (secondary N) is 1. The molecule has 0 bridgehead atoms. The summed E-state index contributed by atoms with van der Waals surface area (Å²) in [5, 5.41) is 2.99. The van der Waals surface area contributed by atoms with E-state index in [2.05, 4.69) is 5.32 Å². The van der Waals surface area contributed by atoms with Crippen LogP contribution in [-0.2, 0) is 14.3 Å². The van der Waals surface area contributed by atoms with Crippen molar-refractivity contribution in [3.63, 3.8) is 0 Å². The van der Waals surface area contributed by atoms with E-state index in [-0.39, 0.29) is 43.2 Å². The lowest BCUT2D eigenvalue weighted by Crippen LogP contribution is -2.63. The third kappa shape index (κ3) is 3.02. The van der Waals surface area contributed by atoms with Crippen molar-refractivity contribution in [3.8, 4) is 0 Å². The molecule has 5 heteroatoms. The maximum Gasteiger partial charge on any atom is 0.249 e. The number of rotatable bonds is 3. The van der Waals surface area contributed by atoms with Crippen LogP contribution in [0.5, 0.6) is 0 Å². The van der Waals surface area contributed by atoms with E-state index >= 15 is 0 Å². The van der Waals surface area contributed by atoms with Gasteiger partial charge in [-0.2, -0.15) is 0 Å². The van der Waals surface area contributed by atoms with Gasteiger partial charge in [-0.3, -0.25) is 9.59 Å². The smallest absolute Gasteiger partial charge is 0.249 e. The highest BCUT2D eigenvalue weighted by atomic mass is 16.5. The number of fused-ring (bicyclic) bond motifs is 1. The number of carbonyl (C=O) groups excluding carboxylic acids is 2. The summed E-state index contributed by atoms with van der Waals surface area (Å²) in [7, 11) is 0. The zero-order valence-corrected chi connectivity index (χ0v) is 11.1. The molecule has 0 aromatic carbocycles. The molecule has 2 amide bonds. The molecule has 2 atom stereocenters. The molecule has 0 radical (unpaired) electrons. The van der Waals surface area contributed by atoms with Crippen molar-refractivity contribution in [3.05, 3.63) is 0 Å². The second kappa shape index (κ2) is 5.69. The second-order valence-corrected chi connectivity index (χ2v) is 5.41. The topological polar surface area (TPSA) is 58.6 Å². The Kier molecular flexibility index (Phi) is 4.22. The molecular formula is C13H22N2O3. The average Bonchev–Trinajstić information content (AvgIpc) is 2.34. The molecule has 0 aromatic rings. The van der Waals surface area contributed by atoms with Crippen LogP contribution in [0.25, 0.3) is 0 Å². The van der Waals surface area contributed by atoms with Gasteiger partial charge in [0.05, 0.1) is 18.7 Å². The second-order valence-electron chi connectivity index (χ2n) is 5.41. The quantitative estimate of drug-likeness (QED) is 0.806. The van der Waals surface area contributed by atoms with E-state index < -0.39 is 0 Å². The van der Waals surface area contributed by atoms with E-state index in [1.54, 1.807) is 4.90 Å². The maximum atomic E-state index is 12.1. The summed E-state index contributed by atoms with van der Waals surface area (Å²) in [6.07, 6.45) is 4.26. The SMILES string of the molecule is CC(C)OCC(=O)N1CC(=O)N[C@H]2CCCC[C@H]21. The molecule has 0 aromatic heterocycles. The Morgan fingerprint density at radius 2 is 2.17 bits per heavy atom. The largest absolute Gasteiger partial charge is 0.369 e. The number of hydrogen-bond acceptors (Lipinski definition) is 3. The first-order chi connectivity index (χ1) is 8.58. The van der Waals surface area contributed by atoms with Gasteiger partial charge < -0.3 is 15.0 Å². The van der Waals surface area contributed by atoms with Crippen LogP contribution in [0.1, 0.15) is 39.5 Å². The van der Waals surface area contributed by atoms with Crippen molar-refractivity contribution in [1.82, 2.24) is 10.2 Å². The third-order valence-corrected chi connectivity index (χ3v) is 3.65. The van der Waals surface area contributed by atoms with Gasteiger partial charge in [-0.25, -0.2) is 0 Å². The Morgan fingerprint density at radius 1 is 1.44 bits per heavy atom. The lowest BCUT2D eigenvalue weighted by molar-refractivity contribution is -0.148. The van der Waals surface area contributed by atoms with Gasteiger partial charge >= 0.3 is 0 Å². The number of ether oxygens (including phenoxy) is 1. The monoisotopic (exact) mass is 254 g/mol. The van der Waals surface area contributed by atoms with Gasteiger partial charge in [0, 0.05) is 6.04 Å². The Bertz CT molecular complexity index is 330. The number of amides is 2. The molecule has 0 spiro atoms. The lowest BCUT2D eigenvalue weighted by Gasteiger charge is -2.43. The molecule has 1 heterocycles. The zero-order valence-electron chi connectivity index (χ0n) is 11.1. The Hall–Kier alpha value is -1.10. The van der Waals surface area contributed by atoms with E-state index in [1.807, 2.05) is 13.8 Å². The molecule has 18 heavy (non-hydrogen) atoms. The summed E-state index contributed by atoms with van der Waals surface area (Å²) in [6.45, 7) is 4.06. The normalized spacial score (nSPS) is 27.9. The molecule has 1 saturated carbocycles. The summed E-state index contributed by atoms with van der Waals surface area (Å²) in [5.74, 6) is -0.105. The predicted molar refractivity (Wildman–Crippen MR) is 67.0 cm³/mol. The van der Waals surface area contributed by atoms with Crippen LogP contribution in [0.3, 0.4) is 0 Å². The Labute approximate surface area is 108 Å². The van der Waals surface area contributed by atoms with Crippen LogP contribution in [0.15, 0.2) is 0 Å². The third-order valence-electron chi connectivity index (χ3n) is 3.65. The van der Waals surface area contributed by atoms with E-state index in [1.165, 1.54) is 0 Å². The van der Waals surface area contributed by atoms with Gasteiger partial charge in [-0.05, 0) is 26.7 Å². The van der Waals surface area contributed by atoms with Crippen molar-refractivity contribution >= 4 is 11.8 Å². The highest BCUT2D eigenvalue weighted by Gasteiger charge is 2.38. The molecule has 1 aliphatic carbocycles. The van der Waals surface area contributed by atoms with Crippen LogP contribution in [0, 0.1) is 0 Å². The van der Waals surface area contributed by atoms with E-state index in [4.69, 9.17) is 4.74 Å². The molecular weight excluding hydrogens is 232 g/mol. The molecule has 102 valence electrons.